The van der Waals surface area contributed by atoms with Crippen LogP contribution in [0.5, 0.6) is 0 Å². The molecule has 0 unspecified atom stereocenters. The molecule has 1 aliphatic heterocycles. The third-order valence-corrected chi connectivity index (χ3v) is 4.15. The minimum absolute atomic E-state index is 0.112. The fourth-order valence-electron chi connectivity index (χ4n) is 2.87. The van der Waals surface area contributed by atoms with E-state index in [1.807, 2.05) is 0 Å². The highest BCUT2D eigenvalue weighted by molar-refractivity contribution is 6.03. The average Bonchev–Trinajstić information content (AvgIpc) is 3.22. The zero-order chi connectivity index (χ0) is 17.4. The van der Waals surface area contributed by atoms with Crippen LogP contribution >= 0.6 is 0 Å². The van der Waals surface area contributed by atoms with Gasteiger partial charge in [-0.3, -0.25) is 9.59 Å². The van der Waals surface area contributed by atoms with Gasteiger partial charge in [0.1, 0.15) is 5.82 Å². The largest absolute Gasteiger partial charge is 0.323 e. The normalized spacial score (nSPS) is 17.2. The standard InChI is InChI=1S/C17H14FN5O2/c18-12-1-3-14(4-2-12)22-9-11(7-16(22)24)17(25)21-13-8-19-15-5-6-20-23(15)10-13/h1-6,8,10-11H,7,9H2,(H,21,25)/t11-/m1/s1. The molecule has 4 rings (SSSR count). The Labute approximate surface area is 142 Å². The van der Waals surface area contributed by atoms with Crippen LogP contribution in [-0.2, 0) is 9.59 Å². The minimum atomic E-state index is -0.481. The highest BCUT2D eigenvalue weighted by Crippen LogP contribution is 2.26. The number of rotatable bonds is 3. The first-order valence-corrected chi connectivity index (χ1v) is 7.76. The van der Waals surface area contributed by atoms with Crippen LogP contribution in [0, 0.1) is 11.7 Å². The molecule has 1 atom stereocenters. The predicted molar refractivity (Wildman–Crippen MR) is 88.5 cm³/mol. The lowest BCUT2D eigenvalue weighted by molar-refractivity contribution is -0.122. The first kappa shape index (κ1) is 15.3. The van der Waals surface area contributed by atoms with Gasteiger partial charge >= 0.3 is 0 Å². The zero-order valence-electron chi connectivity index (χ0n) is 13.1. The third kappa shape index (κ3) is 2.93. The highest BCUT2D eigenvalue weighted by atomic mass is 19.1. The Bertz CT molecular complexity index is 953. The van der Waals surface area contributed by atoms with Crippen LogP contribution in [0.1, 0.15) is 6.42 Å². The van der Waals surface area contributed by atoms with E-state index in [2.05, 4.69) is 15.4 Å². The molecule has 126 valence electrons. The Balaban J connectivity index is 1.47. The van der Waals surface area contributed by atoms with E-state index in [1.54, 1.807) is 29.2 Å². The summed E-state index contributed by atoms with van der Waals surface area (Å²) in [5.41, 5.74) is 1.77. The molecule has 25 heavy (non-hydrogen) atoms. The fraction of sp³-hybridized carbons (Fsp3) is 0.176. The summed E-state index contributed by atoms with van der Waals surface area (Å²) in [7, 11) is 0. The van der Waals surface area contributed by atoms with E-state index in [1.165, 1.54) is 29.2 Å². The first-order chi connectivity index (χ1) is 12.1. The number of benzene rings is 1. The van der Waals surface area contributed by atoms with Crippen molar-refractivity contribution in [2.45, 2.75) is 6.42 Å². The molecular formula is C17H14FN5O2. The molecule has 1 aliphatic rings. The van der Waals surface area contributed by atoms with E-state index < -0.39 is 5.92 Å². The lowest BCUT2D eigenvalue weighted by Gasteiger charge is -2.16. The van der Waals surface area contributed by atoms with Crippen LogP contribution in [-0.4, -0.2) is 33.0 Å². The van der Waals surface area contributed by atoms with Crippen molar-refractivity contribution in [2.75, 3.05) is 16.8 Å². The molecule has 3 heterocycles. The summed E-state index contributed by atoms with van der Waals surface area (Å²) in [6, 6.07) is 7.40. The topological polar surface area (TPSA) is 79.6 Å². The van der Waals surface area contributed by atoms with Gasteiger partial charge in [-0.15, -0.1) is 0 Å². The van der Waals surface area contributed by atoms with Gasteiger partial charge in [-0.05, 0) is 24.3 Å². The van der Waals surface area contributed by atoms with Gasteiger partial charge in [-0.2, -0.15) is 5.10 Å². The maximum Gasteiger partial charge on any atom is 0.229 e. The number of carbonyl (C=O) groups excluding carboxylic acids is 2. The summed E-state index contributed by atoms with van der Waals surface area (Å²) in [6.45, 7) is 0.258. The number of amides is 2. The van der Waals surface area contributed by atoms with E-state index in [0.717, 1.165) is 0 Å². The van der Waals surface area contributed by atoms with Crippen molar-refractivity contribution in [3.63, 3.8) is 0 Å². The van der Waals surface area contributed by atoms with Gasteiger partial charge in [-0.25, -0.2) is 13.9 Å². The Morgan fingerprint density at radius 2 is 2.04 bits per heavy atom. The molecule has 1 aromatic carbocycles. The number of nitrogens with one attached hydrogen (secondary N) is 1. The summed E-state index contributed by atoms with van der Waals surface area (Å²) < 4.78 is 14.6. The summed E-state index contributed by atoms with van der Waals surface area (Å²) >= 11 is 0. The van der Waals surface area contributed by atoms with Crippen molar-refractivity contribution < 1.29 is 14.0 Å². The molecule has 7 nitrogen and oxygen atoms in total. The minimum Gasteiger partial charge on any atom is -0.323 e. The van der Waals surface area contributed by atoms with Crippen molar-refractivity contribution in [1.82, 2.24) is 14.6 Å². The Kier molecular flexibility index (Phi) is 3.64. The maximum atomic E-state index is 13.0. The number of hydrogen-bond acceptors (Lipinski definition) is 4. The summed E-state index contributed by atoms with van der Waals surface area (Å²) in [5, 5.41) is 6.83. The van der Waals surface area contributed by atoms with E-state index in [-0.39, 0.29) is 30.6 Å². The molecule has 1 saturated heterocycles. The molecule has 2 amide bonds. The van der Waals surface area contributed by atoms with Crippen LogP contribution in [0.4, 0.5) is 15.8 Å². The van der Waals surface area contributed by atoms with Gasteiger partial charge in [-0.1, -0.05) is 0 Å². The number of aromatic nitrogens is 3. The summed E-state index contributed by atoms with van der Waals surface area (Å²) in [6.07, 6.45) is 4.93. The average molecular weight is 339 g/mol. The van der Waals surface area contributed by atoms with Crippen LogP contribution in [0.25, 0.3) is 5.65 Å². The zero-order valence-corrected chi connectivity index (χ0v) is 13.1. The number of hydrogen-bond donors (Lipinski definition) is 1. The van der Waals surface area contributed by atoms with E-state index in [4.69, 9.17) is 0 Å². The number of carbonyl (C=O) groups is 2. The molecule has 0 spiro atoms. The summed E-state index contributed by atoms with van der Waals surface area (Å²) in [4.78, 5) is 30.3. The van der Waals surface area contributed by atoms with Gasteiger partial charge in [0.15, 0.2) is 5.65 Å². The maximum absolute atomic E-state index is 13.0. The molecule has 8 heteroatoms. The molecule has 0 aliphatic carbocycles. The monoisotopic (exact) mass is 339 g/mol. The van der Waals surface area contributed by atoms with Crippen LogP contribution in [0.2, 0.25) is 0 Å². The molecule has 0 radical (unpaired) electrons. The van der Waals surface area contributed by atoms with Crippen molar-refractivity contribution in [3.8, 4) is 0 Å². The summed E-state index contributed by atoms with van der Waals surface area (Å²) in [5.74, 6) is -1.27. The number of anilines is 2. The highest BCUT2D eigenvalue weighted by Gasteiger charge is 2.35. The Morgan fingerprint density at radius 3 is 2.84 bits per heavy atom. The lowest BCUT2D eigenvalue weighted by Crippen LogP contribution is -2.28. The first-order valence-electron chi connectivity index (χ1n) is 7.76. The quantitative estimate of drug-likeness (QED) is 0.790. The van der Waals surface area contributed by atoms with Crippen LogP contribution < -0.4 is 10.2 Å². The number of halogens is 1. The Morgan fingerprint density at radius 1 is 1.24 bits per heavy atom. The second-order valence-electron chi connectivity index (χ2n) is 5.85. The van der Waals surface area contributed by atoms with Crippen LogP contribution in [0.3, 0.4) is 0 Å². The Hall–Kier alpha value is -3.29. The van der Waals surface area contributed by atoms with Crippen molar-refractivity contribution >= 4 is 28.8 Å². The predicted octanol–water partition coefficient (Wildman–Crippen LogP) is 1.86. The van der Waals surface area contributed by atoms with Gasteiger partial charge in [0.05, 0.1) is 30.2 Å². The molecular weight excluding hydrogens is 325 g/mol. The number of nitrogens with zero attached hydrogens (tertiary/aromatic N) is 4. The second-order valence-corrected chi connectivity index (χ2v) is 5.85. The van der Waals surface area contributed by atoms with E-state index >= 15 is 0 Å². The lowest BCUT2D eigenvalue weighted by atomic mass is 10.1. The van der Waals surface area contributed by atoms with Gasteiger partial charge in [0.2, 0.25) is 11.8 Å². The molecule has 0 bridgehead atoms. The van der Waals surface area contributed by atoms with Crippen LogP contribution in [0.15, 0.2) is 48.9 Å². The van der Waals surface area contributed by atoms with Crippen molar-refractivity contribution in [1.29, 1.82) is 0 Å². The SMILES string of the molecule is O=C(Nc1cnc2ccnn2c1)[C@@H]1CC(=O)N(c2ccc(F)cc2)C1. The van der Waals surface area contributed by atoms with E-state index in [9.17, 15) is 14.0 Å². The molecule has 0 saturated carbocycles. The van der Waals surface area contributed by atoms with Gasteiger partial charge in [0.25, 0.3) is 0 Å². The third-order valence-electron chi connectivity index (χ3n) is 4.15. The van der Waals surface area contributed by atoms with Crippen molar-refractivity contribution in [2.24, 2.45) is 5.92 Å². The smallest absolute Gasteiger partial charge is 0.229 e. The number of fused-ring (bicyclic) bond motifs is 1. The molecule has 3 aromatic rings. The second kappa shape index (κ2) is 5.97. The fourth-order valence-corrected chi connectivity index (χ4v) is 2.87. The van der Waals surface area contributed by atoms with Gasteiger partial charge < -0.3 is 10.2 Å². The van der Waals surface area contributed by atoms with Crippen molar-refractivity contribution in [3.05, 3.63) is 54.7 Å². The molecule has 1 N–H and O–H groups in total. The van der Waals surface area contributed by atoms with E-state index in [0.29, 0.717) is 17.0 Å². The molecule has 1 fully saturated rings. The van der Waals surface area contributed by atoms with Gasteiger partial charge in [0, 0.05) is 24.7 Å². The molecule has 2 aromatic heterocycles.